The maximum Gasteiger partial charge on any atom is 0.267 e. The third-order valence-corrected chi connectivity index (χ3v) is 4.00. The summed E-state index contributed by atoms with van der Waals surface area (Å²) in [4.78, 5) is -0.0693. The summed E-state index contributed by atoms with van der Waals surface area (Å²) in [6.07, 6.45) is 0. The van der Waals surface area contributed by atoms with Gasteiger partial charge in [-0.15, -0.1) is 0 Å². The van der Waals surface area contributed by atoms with E-state index in [1.54, 1.807) is 6.07 Å². The van der Waals surface area contributed by atoms with Crippen molar-refractivity contribution in [2.45, 2.75) is 4.90 Å². The Bertz CT molecular complexity index is 641. The van der Waals surface area contributed by atoms with Gasteiger partial charge in [0.1, 0.15) is 10.6 Å². The molecule has 0 saturated heterocycles. The Morgan fingerprint density at radius 2 is 2.22 bits per heavy atom. The van der Waals surface area contributed by atoms with E-state index in [-0.39, 0.29) is 15.8 Å². The molecule has 1 aromatic carbocycles. The lowest BCUT2D eigenvalue weighted by Crippen LogP contribution is -2.14. The summed E-state index contributed by atoms with van der Waals surface area (Å²) in [7, 11) is -2.46. The quantitative estimate of drug-likeness (QED) is 0.777. The molecule has 8 nitrogen and oxygen atoms in total. The van der Waals surface area contributed by atoms with Gasteiger partial charge in [0.2, 0.25) is 5.13 Å². The van der Waals surface area contributed by atoms with Gasteiger partial charge < -0.3 is 10.5 Å². The zero-order valence-corrected chi connectivity index (χ0v) is 10.8. The van der Waals surface area contributed by atoms with E-state index in [0.29, 0.717) is 5.69 Å². The summed E-state index contributed by atoms with van der Waals surface area (Å²) < 4.78 is 34.9. The van der Waals surface area contributed by atoms with Crippen molar-refractivity contribution >= 4 is 32.4 Å². The first kappa shape index (κ1) is 12.5. The van der Waals surface area contributed by atoms with Crippen LogP contribution in [0, 0.1) is 0 Å². The van der Waals surface area contributed by atoms with Crippen LogP contribution in [0.25, 0.3) is 0 Å². The molecule has 1 aromatic heterocycles. The molecule has 3 N–H and O–H groups in total. The lowest BCUT2D eigenvalue weighted by atomic mass is 10.3. The van der Waals surface area contributed by atoms with Crippen LogP contribution in [0.15, 0.2) is 23.1 Å². The van der Waals surface area contributed by atoms with Gasteiger partial charge in [0.25, 0.3) is 10.0 Å². The lowest BCUT2D eigenvalue weighted by Gasteiger charge is -2.10. The summed E-state index contributed by atoms with van der Waals surface area (Å²) in [6, 6.07) is 4.32. The van der Waals surface area contributed by atoms with E-state index in [4.69, 9.17) is 10.5 Å². The van der Waals surface area contributed by atoms with Gasteiger partial charge in [0.15, 0.2) is 0 Å². The zero-order valence-electron chi connectivity index (χ0n) is 9.19. The summed E-state index contributed by atoms with van der Waals surface area (Å²) in [5.41, 5.74) is 5.88. The average Bonchev–Trinajstić information content (AvgIpc) is 2.81. The highest BCUT2D eigenvalue weighted by atomic mass is 32.2. The van der Waals surface area contributed by atoms with Crippen LogP contribution in [0.2, 0.25) is 0 Å². The second-order valence-electron chi connectivity index (χ2n) is 3.18. The van der Waals surface area contributed by atoms with Crippen molar-refractivity contribution in [2.75, 3.05) is 17.6 Å². The van der Waals surface area contributed by atoms with Crippen LogP contribution in [0.3, 0.4) is 0 Å². The van der Waals surface area contributed by atoms with Crippen LogP contribution in [0.1, 0.15) is 0 Å². The van der Waals surface area contributed by atoms with Crippen molar-refractivity contribution in [3.05, 3.63) is 18.2 Å². The number of hydrogen-bond acceptors (Lipinski definition) is 8. The summed E-state index contributed by atoms with van der Waals surface area (Å²) in [6.45, 7) is 0. The molecule has 0 saturated carbocycles. The van der Waals surface area contributed by atoms with Gasteiger partial charge in [-0.2, -0.15) is 0 Å². The minimum absolute atomic E-state index is 0.0690. The third-order valence-electron chi connectivity index (χ3n) is 2.00. The van der Waals surface area contributed by atoms with Crippen LogP contribution >= 0.6 is 11.5 Å². The fraction of sp³-hybridized carbons (Fsp3) is 0.125. The predicted molar refractivity (Wildman–Crippen MR) is 65.9 cm³/mol. The van der Waals surface area contributed by atoms with E-state index in [9.17, 15) is 8.42 Å². The highest BCUT2D eigenvalue weighted by Gasteiger charge is 2.21. The summed E-state index contributed by atoms with van der Waals surface area (Å²) >= 11 is 0.828. The predicted octanol–water partition coefficient (Wildman–Crippen LogP) is 0.325. The Kier molecular flexibility index (Phi) is 3.30. The largest absolute Gasteiger partial charge is 0.495 e. The van der Waals surface area contributed by atoms with Gasteiger partial charge in [0.05, 0.1) is 7.11 Å². The van der Waals surface area contributed by atoms with Crippen molar-refractivity contribution in [3.8, 4) is 5.75 Å². The standard InChI is InChI=1S/C8H9N5O3S2/c1-16-6-3-2-5(9)4-7(6)18(14,15)11-8-10-12-13-17-8/h2-4H,9H2,1H3,(H,10,11,13). The fourth-order valence-corrected chi connectivity index (χ4v) is 3.04. The van der Waals surface area contributed by atoms with E-state index in [1.807, 2.05) is 0 Å². The minimum Gasteiger partial charge on any atom is -0.495 e. The number of nitrogen functional groups attached to an aromatic ring is 1. The molecule has 18 heavy (non-hydrogen) atoms. The highest BCUT2D eigenvalue weighted by molar-refractivity contribution is 7.93. The van der Waals surface area contributed by atoms with Gasteiger partial charge in [-0.3, -0.25) is 4.72 Å². The molecule has 2 rings (SSSR count). The van der Waals surface area contributed by atoms with Gasteiger partial charge in [-0.1, -0.05) is 9.59 Å². The Hall–Kier alpha value is -1.94. The minimum atomic E-state index is -3.84. The SMILES string of the molecule is COc1ccc(N)cc1S(=O)(=O)Nc1nnns1. The number of methoxy groups -OCH3 is 1. The Labute approximate surface area is 107 Å². The van der Waals surface area contributed by atoms with Crippen LogP contribution in [0.5, 0.6) is 5.75 Å². The van der Waals surface area contributed by atoms with Crippen LogP contribution in [0.4, 0.5) is 10.8 Å². The molecular weight excluding hydrogens is 278 g/mol. The number of nitrogens with one attached hydrogen (secondary N) is 1. The zero-order chi connectivity index (χ0) is 13.2. The molecule has 0 fully saturated rings. The lowest BCUT2D eigenvalue weighted by molar-refractivity contribution is 0.403. The molecule has 10 heteroatoms. The molecule has 0 atom stereocenters. The molecule has 1 heterocycles. The number of hydrogen-bond donors (Lipinski definition) is 2. The molecule has 0 aliphatic heterocycles. The van der Waals surface area contributed by atoms with Crippen LogP contribution < -0.4 is 15.2 Å². The Balaban J connectivity index is 2.43. The van der Waals surface area contributed by atoms with Crippen molar-refractivity contribution in [1.29, 1.82) is 0 Å². The van der Waals surface area contributed by atoms with E-state index in [1.165, 1.54) is 19.2 Å². The summed E-state index contributed by atoms with van der Waals surface area (Å²) in [5.74, 6) is 0.189. The normalized spacial score (nSPS) is 11.2. The number of nitrogens with two attached hydrogens (primary N) is 1. The number of ether oxygens (including phenoxy) is 1. The molecule has 0 unspecified atom stereocenters. The van der Waals surface area contributed by atoms with Gasteiger partial charge >= 0.3 is 0 Å². The van der Waals surface area contributed by atoms with Crippen molar-refractivity contribution in [3.63, 3.8) is 0 Å². The van der Waals surface area contributed by atoms with Gasteiger partial charge in [-0.25, -0.2) is 8.42 Å². The molecule has 2 aromatic rings. The monoisotopic (exact) mass is 287 g/mol. The van der Waals surface area contributed by atoms with Crippen LogP contribution in [-0.4, -0.2) is 30.3 Å². The summed E-state index contributed by atoms with van der Waals surface area (Å²) in [5, 5.41) is 6.86. The second-order valence-corrected chi connectivity index (χ2v) is 5.57. The first-order valence-electron chi connectivity index (χ1n) is 4.64. The maximum atomic E-state index is 12.1. The first-order chi connectivity index (χ1) is 8.53. The first-order valence-corrected chi connectivity index (χ1v) is 6.90. The number of aromatic nitrogens is 3. The van der Waals surface area contributed by atoms with Crippen molar-refractivity contribution in [2.24, 2.45) is 0 Å². The van der Waals surface area contributed by atoms with E-state index in [2.05, 4.69) is 19.5 Å². The van der Waals surface area contributed by atoms with E-state index >= 15 is 0 Å². The molecule has 0 aliphatic rings. The molecular formula is C8H9N5O3S2. The number of sulfonamides is 1. The maximum absolute atomic E-state index is 12.1. The van der Waals surface area contributed by atoms with Crippen molar-refractivity contribution < 1.29 is 13.2 Å². The fourth-order valence-electron chi connectivity index (χ4n) is 1.25. The number of rotatable bonds is 4. The number of nitrogens with zero attached hydrogens (tertiary/aromatic N) is 3. The molecule has 0 radical (unpaired) electrons. The molecule has 0 aliphatic carbocycles. The topological polar surface area (TPSA) is 120 Å². The number of anilines is 2. The number of benzene rings is 1. The van der Waals surface area contributed by atoms with E-state index in [0.717, 1.165) is 11.5 Å². The molecule has 0 amide bonds. The second kappa shape index (κ2) is 4.74. The highest BCUT2D eigenvalue weighted by Crippen LogP contribution is 2.27. The van der Waals surface area contributed by atoms with Crippen molar-refractivity contribution in [1.82, 2.24) is 14.8 Å². The Morgan fingerprint density at radius 3 is 2.83 bits per heavy atom. The smallest absolute Gasteiger partial charge is 0.267 e. The Morgan fingerprint density at radius 1 is 1.44 bits per heavy atom. The molecule has 0 spiro atoms. The average molecular weight is 287 g/mol. The molecule has 0 bridgehead atoms. The molecule has 96 valence electrons. The third kappa shape index (κ3) is 2.49. The van der Waals surface area contributed by atoms with Gasteiger partial charge in [0, 0.05) is 17.2 Å². The van der Waals surface area contributed by atoms with E-state index < -0.39 is 10.0 Å². The van der Waals surface area contributed by atoms with Crippen LogP contribution in [-0.2, 0) is 10.0 Å². The van der Waals surface area contributed by atoms with Gasteiger partial charge in [-0.05, 0) is 23.4 Å².